The van der Waals surface area contributed by atoms with Gasteiger partial charge in [0.2, 0.25) is 0 Å². The summed E-state index contributed by atoms with van der Waals surface area (Å²) in [7, 11) is 1.66. The highest BCUT2D eigenvalue weighted by Crippen LogP contribution is 2.21. The fourth-order valence-electron chi connectivity index (χ4n) is 1.71. The van der Waals surface area contributed by atoms with Gasteiger partial charge in [-0.05, 0) is 36.2 Å². The molecule has 0 spiro atoms. The van der Waals surface area contributed by atoms with Crippen LogP contribution in [-0.4, -0.2) is 12.2 Å². The van der Waals surface area contributed by atoms with Crippen LogP contribution in [0.3, 0.4) is 0 Å². The van der Waals surface area contributed by atoms with Gasteiger partial charge in [-0.3, -0.25) is 0 Å². The van der Waals surface area contributed by atoms with E-state index in [1.807, 2.05) is 43.3 Å². The quantitative estimate of drug-likeness (QED) is 0.865. The molecule has 0 aromatic heterocycles. The molecule has 0 saturated heterocycles. The van der Waals surface area contributed by atoms with Gasteiger partial charge in [0.1, 0.15) is 11.5 Å². The van der Waals surface area contributed by atoms with Crippen LogP contribution in [0.4, 0.5) is 5.69 Å². The van der Waals surface area contributed by atoms with E-state index in [1.165, 1.54) is 0 Å². The van der Waals surface area contributed by atoms with Gasteiger partial charge in [-0.25, -0.2) is 0 Å². The first-order valence-electron chi connectivity index (χ1n) is 5.85. The summed E-state index contributed by atoms with van der Waals surface area (Å²) in [5, 5.41) is 12.9. The fourth-order valence-corrected chi connectivity index (χ4v) is 1.71. The summed E-state index contributed by atoms with van der Waals surface area (Å²) >= 11 is 0. The first-order chi connectivity index (χ1) is 8.69. The normalized spacial score (nSPS) is 10.1. The molecule has 0 amide bonds. The molecule has 3 nitrogen and oxygen atoms in total. The van der Waals surface area contributed by atoms with E-state index >= 15 is 0 Å². The summed E-state index contributed by atoms with van der Waals surface area (Å²) in [6.07, 6.45) is 0. The minimum Gasteiger partial charge on any atom is -0.508 e. The molecule has 0 radical (unpaired) electrons. The maximum Gasteiger partial charge on any atom is 0.120 e. The van der Waals surface area contributed by atoms with Crippen molar-refractivity contribution in [1.82, 2.24) is 0 Å². The zero-order chi connectivity index (χ0) is 13.0. The molecule has 3 heteroatoms. The zero-order valence-electron chi connectivity index (χ0n) is 10.6. The Hall–Kier alpha value is -2.16. The van der Waals surface area contributed by atoms with Crippen molar-refractivity contribution >= 4 is 5.69 Å². The lowest BCUT2D eigenvalue weighted by Gasteiger charge is -2.09. The van der Waals surface area contributed by atoms with Crippen molar-refractivity contribution in [2.45, 2.75) is 13.5 Å². The molecule has 0 saturated carbocycles. The van der Waals surface area contributed by atoms with E-state index in [0.717, 1.165) is 22.6 Å². The molecule has 2 rings (SSSR count). The van der Waals surface area contributed by atoms with E-state index in [9.17, 15) is 5.11 Å². The van der Waals surface area contributed by atoms with Crippen LogP contribution < -0.4 is 10.1 Å². The topological polar surface area (TPSA) is 41.5 Å². The Morgan fingerprint density at radius 3 is 2.72 bits per heavy atom. The number of phenols is 1. The summed E-state index contributed by atoms with van der Waals surface area (Å²) in [6, 6.07) is 13.5. The minimum atomic E-state index is 0.311. The molecule has 18 heavy (non-hydrogen) atoms. The van der Waals surface area contributed by atoms with Crippen LogP contribution in [0, 0.1) is 6.92 Å². The summed E-state index contributed by atoms with van der Waals surface area (Å²) < 4.78 is 5.17. The molecule has 2 N–H and O–H groups in total. The lowest BCUT2D eigenvalue weighted by atomic mass is 10.2. The third-order valence-electron chi connectivity index (χ3n) is 2.84. The molecular weight excluding hydrogens is 226 g/mol. The molecule has 0 atom stereocenters. The van der Waals surface area contributed by atoms with Crippen molar-refractivity contribution < 1.29 is 9.84 Å². The number of methoxy groups -OCH3 is 1. The molecule has 0 aliphatic heterocycles. The average molecular weight is 243 g/mol. The van der Waals surface area contributed by atoms with Crippen LogP contribution in [-0.2, 0) is 6.54 Å². The highest BCUT2D eigenvalue weighted by molar-refractivity contribution is 5.51. The Labute approximate surface area is 107 Å². The second kappa shape index (κ2) is 5.45. The molecule has 0 heterocycles. The number of nitrogens with one attached hydrogen (secondary N) is 1. The number of hydrogen-bond donors (Lipinski definition) is 2. The second-order valence-corrected chi connectivity index (χ2v) is 4.21. The Balaban J connectivity index is 2.04. The van der Waals surface area contributed by atoms with E-state index in [4.69, 9.17) is 4.74 Å². The first kappa shape index (κ1) is 12.3. The van der Waals surface area contributed by atoms with Gasteiger partial charge in [-0.1, -0.05) is 18.2 Å². The molecule has 0 unspecified atom stereocenters. The molecule has 2 aromatic carbocycles. The highest BCUT2D eigenvalue weighted by atomic mass is 16.5. The number of benzene rings is 2. The first-order valence-corrected chi connectivity index (χ1v) is 5.85. The summed E-state index contributed by atoms with van der Waals surface area (Å²) in [4.78, 5) is 0. The molecule has 2 aromatic rings. The van der Waals surface area contributed by atoms with Gasteiger partial charge in [0, 0.05) is 18.3 Å². The van der Waals surface area contributed by atoms with E-state index in [0.29, 0.717) is 12.3 Å². The van der Waals surface area contributed by atoms with Gasteiger partial charge in [0.15, 0.2) is 0 Å². The van der Waals surface area contributed by atoms with Crippen molar-refractivity contribution in [3.8, 4) is 11.5 Å². The van der Waals surface area contributed by atoms with Gasteiger partial charge in [-0.15, -0.1) is 0 Å². The van der Waals surface area contributed by atoms with Gasteiger partial charge in [0.25, 0.3) is 0 Å². The highest BCUT2D eigenvalue weighted by Gasteiger charge is 1.99. The number of ether oxygens (including phenoxy) is 1. The lowest BCUT2D eigenvalue weighted by molar-refractivity contribution is 0.414. The van der Waals surface area contributed by atoms with Crippen molar-refractivity contribution in [3.05, 3.63) is 53.6 Å². The molecule has 94 valence electrons. The molecule has 0 aliphatic rings. The van der Waals surface area contributed by atoms with Crippen molar-refractivity contribution in [3.63, 3.8) is 0 Å². The second-order valence-electron chi connectivity index (χ2n) is 4.21. The summed E-state index contributed by atoms with van der Waals surface area (Å²) in [5.74, 6) is 1.16. The molecular formula is C15H17NO2. The van der Waals surface area contributed by atoms with Gasteiger partial charge >= 0.3 is 0 Å². The van der Waals surface area contributed by atoms with Crippen LogP contribution in [0.5, 0.6) is 11.5 Å². The van der Waals surface area contributed by atoms with Crippen LogP contribution in [0.2, 0.25) is 0 Å². The largest absolute Gasteiger partial charge is 0.508 e. The van der Waals surface area contributed by atoms with Gasteiger partial charge in [0.05, 0.1) is 7.11 Å². The van der Waals surface area contributed by atoms with Crippen LogP contribution in [0.15, 0.2) is 42.5 Å². The van der Waals surface area contributed by atoms with E-state index in [1.54, 1.807) is 13.2 Å². The molecule has 0 bridgehead atoms. The smallest absolute Gasteiger partial charge is 0.120 e. The number of phenolic OH excluding ortho intramolecular Hbond substituents is 1. The van der Waals surface area contributed by atoms with E-state index < -0.39 is 0 Å². The average Bonchev–Trinajstić information content (AvgIpc) is 2.40. The molecule has 0 fully saturated rings. The Morgan fingerprint density at radius 1 is 1.17 bits per heavy atom. The van der Waals surface area contributed by atoms with E-state index in [-0.39, 0.29) is 0 Å². The third-order valence-corrected chi connectivity index (χ3v) is 2.84. The minimum absolute atomic E-state index is 0.311. The SMILES string of the molecule is COc1cccc(CNc2ccc(C)c(O)c2)c1. The Bertz CT molecular complexity index is 538. The number of aryl methyl sites for hydroxylation is 1. The standard InChI is InChI=1S/C15H17NO2/c1-11-6-7-13(9-15(11)17)16-10-12-4-3-5-14(8-12)18-2/h3-9,16-17H,10H2,1-2H3. The zero-order valence-corrected chi connectivity index (χ0v) is 10.6. The lowest BCUT2D eigenvalue weighted by Crippen LogP contribution is -1.99. The van der Waals surface area contributed by atoms with Gasteiger partial charge < -0.3 is 15.2 Å². The number of anilines is 1. The predicted molar refractivity (Wildman–Crippen MR) is 73.2 cm³/mol. The monoisotopic (exact) mass is 243 g/mol. The van der Waals surface area contributed by atoms with Crippen LogP contribution >= 0.6 is 0 Å². The summed E-state index contributed by atoms with van der Waals surface area (Å²) in [5.41, 5.74) is 2.91. The predicted octanol–water partition coefficient (Wildman–Crippen LogP) is 3.32. The van der Waals surface area contributed by atoms with Crippen molar-refractivity contribution in [1.29, 1.82) is 0 Å². The van der Waals surface area contributed by atoms with E-state index in [2.05, 4.69) is 5.32 Å². The maximum atomic E-state index is 9.62. The van der Waals surface area contributed by atoms with Crippen molar-refractivity contribution in [2.75, 3.05) is 12.4 Å². The van der Waals surface area contributed by atoms with Crippen molar-refractivity contribution in [2.24, 2.45) is 0 Å². The number of rotatable bonds is 4. The summed E-state index contributed by atoms with van der Waals surface area (Å²) in [6.45, 7) is 2.57. The molecule has 0 aliphatic carbocycles. The number of aromatic hydroxyl groups is 1. The number of hydrogen-bond acceptors (Lipinski definition) is 3. The van der Waals surface area contributed by atoms with Crippen LogP contribution in [0.25, 0.3) is 0 Å². The van der Waals surface area contributed by atoms with Gasteiger partial charge in [-0.2, -0.15) is 0 Å². The third kappa shape index (κ3) is 2.94. The Morgan fingerprint density at radius 2 is 2.00 bits per heavy atom. The van der Waals surface area contributed by atoms with Crippen LogP contribution in [0.1, 0.15) is 11.1 Å². The maximum absolute atomic E-state index is 9.62. The Kier molecular flexibility index (Phi) is 3.72. The fraction of sp³-hybridized carbons (Fsp3) is 0.200.